The molecule has 1 unspecified atom stereocenters. The van der Waals surface area contributed by atoms with Crippen LogP contribution < -0.4 is 13.9 Å². The maximum absolute atomic E-state index is 6.58. The van der Waals surface area contributed by atoms with Gasteiger partial charge >= 0.3 is 0 Å². The number of methoxy groups -OCH3 is 1. The summed E-state index contributed by atoms with van der Waals surface area (Å²) in [6.45, 7) is 12.9. The Kier molecular flexibility index (Phi) is 8.26. The van der Waals surface area contributed by atoms with Gasteiger partial charge in [-0.25, -0.2) is 4.98 Å². The molecule has 0 radical (unpaired) electrons. The number of fused-ring (bicyclic) bond motifs is 1. The van der Waals surface area contributed by atoms with Gasteiger partial charge in [-0.1, -0.05) is 43.3 Å². The van der Waals surface area contributed by atoms with Crippen LogP contribution in [0.1, 0.15) is 50.3 Å². The van der Waals surface area contributed by atoms with Crippen LogP contribution in [-0.2, 0) is 16.9 Å². The fourth-order valence-corrected chi connectivity index (χ4v) is 6.08. The van der Waals surface area contributed by atoms with Crippen LogP contribution in [0.2, 0.25) is 13.1 Å². The summed E-state index contributed by atoms with van der Waals surface area (Å²) < 4.78 is 25.7. The summed E-state index contributed by atoms with van der Waals surface area (Å²) >= 11 is 1.58. The van der Waals surface area contributed by atoms with Crippen LogP contribution in [0, 0.1) is 0 Å². The smallest absolute Gasteiger partial charge is 0.229 e. The standard InChI is InChI=1S/C30H37NO4SSi/c1-8-30(32-5,28-31-15-16-36-28)25-18-24(34-29(2,3)4)19-26(27(25)35-37(6)7)33-20-21-13-14-22-11-9-10-12-23(22)17-21/h9-19,37H,8,20H2,1-7H3. The maximum Gasteiger partial charge on any atom is 0.229 e. The zero-order valence-electron chi connectivity index (χ0n) is 22.8. The molecule has 0 saturated heterocycles. The van der Waals surface area contributed by atoms with Crippen LogP contribution in [0.4, 0.5) is 0 Å². The van der Waals surface area contributed by atoms with Gasteiger partial charge in [0, 0.05) is 30.3 Å². The van der Waals surface area contributed by atoms with E-state index in [4.69, 9.17) is 18.6 Å². The van der Waals surface area contributed by atoms with Gasteiger partial charge in [-0.15, -0.1) is 11.3 Å². The van der Waals surface area contributed by atoms with Crippen molar-refractivity contribution in [1.29, 1.82) is 0 Å². The fraction of sp³-hybridized carbons (Fsp3) is 0.367. The summed E-state index contributed by atoms with van der Waals surface area (Å²) in [5, 5.41) is 5.25. The van der Waals surface area contributed by atoms with E-state index < -0.39 is 14.6 Å². The summed E-state index contributed by atoms with van der Waals surface area (Å²) in [5.74, 6) is 2.07. The monoisotopic (exact) mass is 535 g/mol. The van der Waals surface area contributed by atoms with Crippen molar-refractivity contribution in [2.45, 2.75) is 65.0 Å². The highest BCUT2D eigenvalue weighted by Crippen LogP contribution is 2.48. The third kappa shape index (κ3) is 6.17. The Morgan fingerprint density at radius 1 is 0.973 bits per heavy atom. The Balaban J connectivity index is 1.84. The Bertz CT molecular complexity index is 1330. The van der Waals surface area contributed by atoms with Crippen molar-refractivity contribution in [3.8, 4) is 17.2 Å². The van der Waals surface area contributed by atoms with Crippen molar-refractivity contribution < 1.29 is 18.6 Å². The number of thiazole rings is 1. The van der Waals surface area contributed by atoms with Crippen molar-refractivity contribution in [3.63, 3.8) is 0 Å². The van der Waals surface area contributed by atoms with Gasteiger partial charge in [-0.3, -0.25) is 0 Å². The zero-order valence-corrected chi connectivity index (χ0v) is 24.8. The van der Waals surface area contributed by atoms with E-state index in [9.17, 15) is 0 Å². The number of hydrogen-bond donors (Lipinski definition) is 0. The van der Waals surface area contributed by atoms with Crippen molar-refractivity contribution in [3.05, 3.63) is 82.3 Å². The summed E-state index contributed by atoms with van der Waals surface area (Å²) in [4.78, 5) is 4.65. The molecule has 0 aliphatic rings. The molecule has 0 aliphatic heterocycles. The lowest BCUT2D eigenvalue weighted by Crippen LogP contribution is -2.31. The minimum Gasteiger partial charge on any atom is -0.544 e. The normalized spacial score (nSPS) is 13.5. The molecule has 1 atom stereocenters. The quantitative estimate of drug-likeness (QED) is 0.195. The number of rotatable bonds is 10. The van der Waals surface area contributed by atoms with Gasteiger partial charge < -0.3 is 18.6 Å². The lowest BCUT2D eigenvalue weighted by atomic mass is 9.89. The van der Waals surface area contributed by atoms with E-state index in [0.29, 0.717) is 30.3 Å². The molecule has 0 N–H and O–H groups in total. The van der Waals surface area contributed by atoms with Crippen LogP contribution in [0.25, 0.3) is 10.8 Å². The molecule has 0 saturated carbocycles. The molecular weight excluding hydrogens is 498 g/mol. The van der Waals surface area contributed by atoms with E-state index in [0.717, 1.165) is 16.1 Å². The molecule has 0 aliphatic carbocycles. The lowest BCUT2D eigenvalue weighted by molar-refractivity contribution is 0.0163. The molecule has 1 heterocycles. The largest absolute Gasteiger partial charge is 0.544 e. The molecule has 4 rings (SSSR count). The van der Waals surface area contributed by atoms with Crippen LogP contribution >= 0.6 is 11.3 Å². The van der Waals surface area contributed by atoms with Crippen LogP contribution in [0.15, 0.2) is 66.2 Å². The molecule has 0 fully saturated rings. The Morgan fingerprint density at radius 3 is 2.35 bits per heavy atom. The highest BCUT2D eigenvalue weighted by molar-refractivity contribution is 7.09. The van der Waals surface area contributed by atoms with E-state index in [1.165, 1.54) is 10.8 Å². The van der Waals surface area contributed by atoms with Gasteiger partial charge in [-0.2, -0.15) is 0 Å². The Labute approximate surface area is 226 Å². The molecule has 3 aromatic carbocycles. The minimum absolute atomic E-state index is 0.384. The number of ether oxygens (including phenoxy) is 3. The highest BCUT2D eigenvalue weighted by Gasteiger charge is 2.40. The SMILES string of the molecule is CCC(OC)(c1nccs1)c1cc(OC(C)(C)C)cc(OCc2ccc3ccccc3c2)c1O[SiH](C)C. The molecule has 4 aromatic rings. The number of aromatic nitrogens is 1. The average Bonchev–Trinajstić information content (AvgIpc) is 3.39. The summed E-state index contributed by atoms with van der Waals surface area (Å²) in [6.07, 6.45) is 2.49. The molecule has 0 amide bonds. The Hall–Kier alpha value is -2.87. The third-order valence-electron chi connectivity index (χ3n) is 6.07. The van der Waals surface area contributed by atoms with Gasteiger partial charge in [0.2, 0.25) is 9.04 Å². The topological polar surface area (TPSA) is 49.8 Å². The summed E-state index contributed by atoms with van der Waals surface area (Å²) in [5.41, 5.74) is 0.795. The van der Waals surface area contributed by atoms with E-state index in [1.807, 2.05) is 44.5 Å². The highest BCUT2D eigenvalue weighted by atomic mass is 32.1. The molecule has 37 heavy (non-hydrogen) atoms. The van der Waals surface area contributed by atoms with Gasteiger partial charge in [0.15, 0.2) is 11.5 Å². The van der Waals surface area contributed by atoms with Gasteiger partial charge in [0.1, 0.15) is 28.6 Å². The van der Waals surface area contributed by atoms with Gasteiger partial charge in [0.05, 0.1) is 0 Å². The van der Waals surface area contributed by atoms with Crippen molar-refractivity contribution in [2.24, 2.45) is 0 Å². The van der Waals surface area contributed by atoms with Gasteiger partial charge in [-0.05, 0) is 68.8 Å². The second-order valence-corrected chi connectivity index (χ2v) is 13.6. The van der Waals surface area contributed by atoms with E-state index in [2.05, 4.69) is 67.5 Å². The molecule has 0 bridgehead atoms. The zero-order chi connectivity index (χ0) is 26.6. The summed E-state index contributed by atoms with van der Waals surface area (Å²) in [6, 6.07) is 18.7. The predicted octanol–water partition coefficient (Wildman–Crippen LogP) is 7.71. The van der Waals surface area contributed by atoms with Crippen molar-refractivity contribution >= 4 is 31.1 Å². The Morgan fingerprint density at radius 2 is 1.73 bits per heavy atom. The third-order valence-corrected chi connectivity index (χ3v) is 7.70. The first-order chi connectivity index (χ1) is 17.6. The molecule has 1 aromatic heterocycles. The van der Waals surface area contributed by atoms with Crippen LogP contribution in [-0.4, -0.2) is 26.7 Å². The maximum atomic E-state index is 6.58. The number of nitrogens with zero attached hydrogens (tertiary/aromatic N) is 1. The van der Waals surface area contributed by atoms with E-state index in [1.54, 1.807) is 18.4 Å². The predicted molar refractivity (Wildman–Crippen MR) is 155 cm³/mol. The van der Waals surface area contributed by atoms with Crippen LogP contribution in [0.5, 0.6) is 17.2 Å². The second kappa shape index (κ2) is 11.3. The second-order valence-electron chi connectivity index (χ2n) is 10.4. The lowest BCUT2D eigenvalue weighted by Gasteiger charge is -2.34. The van der Waals surface area contributed by atoms with E-state index in [-0.39, 0.29) is 5.60 Å². The molecule has 0 spiro atoms. The number of hydrogen-bond acceptors (Lipinski definition) is 6. The molecule has 196 valence electrons. The fourth-order valence-electron chi connectivity index (χ4n) is 4.46. The molecule has 7 heteroatoms. The average molecular weight is 536 g/mol. The van der Waals surface area contributed by atoms with Crippen molar-refractivity contribution in [2.75, 3.05) is 7.11 Å². The van der Waals surface area contributed by atoms with Crippen LogP contribution in [0.3, 0.4) is 0 Å². The first-order valence-electron chi connectivity index (χ1n) is 12.7. The first-order valence-corrected chi connectivity index (χ1v) is 16.4. The van der Waals surface area contributed by atoms with Gasteiger partial charge in [0.25, 0.3) is 0 Å². The minimum atomic E-state index is -1.51. The molecular formula is C30H37NO4SSi. The first kappa shape index (κ1) is 27.2. The summed E-state index contributed by atoms with van der Waals surface area (Å²) in [7, 11) is 0.221. The number of benzene rings is 3. The van der Waals surface area contributed by atoms with Crippen molar-refractivity contribution in [1.82, 2.24) is 4.98 Å². The molecule has 5 nitrogen and oxygen atoms in total. The van der Waals surface area contributed by atoms with E-state index >= 15 is 0 Å².